The lowest BCUT2D eigenvalue weighted by Crippen LogP contribution is -2.31. The Morgan fingerprint density at radius 2 is 2.11 bits per heavy atom. The minimum absolute atomic E-state index is 0.118. The minimum Gasteiger partial charge on any atom is -0.379 e. The molecular weight excluding hydrogens is 226 g/mol. The Bertz CT molecular complexity index is 377. The van der Waals surface area contributed by atoms with Crippen molar-refractivity contribution < 1.29 is 4.74 Å². The first-order valence-corrected chi connectivity index (χ1v) is 6.30. The van der Waals surface area contributed by atoms with Crippen molar-refractivity contribution in [1.82, 2.24) is 4.98 Å². The number of hydrogen-bond donors (Lipinski definition) is 1. The number of hydrogen-bond acceptors (Lipinski definition) is 4. The highest BCUT2D eigenvalue weighted by Gasteiger charge is 2.20. The van der Waals surface area contributed by atoms with E-state index < -0.39 is 0 Å². The number of rotatable bonds is 6. The SMILES string of the molecule is COC(C)(C)CC(C)Nc1cccnc1N(C)C. The van der Waals surface area contributed by atoms with Crippen LogP contribution in [0.15, 0.2) is 18.3 Å². The zero-order valence-corrected chi connectivity index (χ0v) is 12.3. The predicted molar refractivity (Wildman–Crippen MR) is 77.4 cm³/mol. The molecule has 0 bridgehead atoms. The van der Waals surface area contributed by atoms with Crippen molar-refractivity contribution in [2.24, 2.45) is 0 Å². The lowest BCUT2D eigenvalue weighted by Gasteiger charge is -2.28. The molecule has 102 valence electrons. The maximum Gasteiger partial charge on any atom is 0.151 e. The van der Waals surface area contributed by atoms with Crippen LogP contribution in [0.25, 0.3) is 0 Å². The topological polar surface area (TPSA) is 37.4 Å². The minimum atomic E-state index is -0.118. The molecule has 1 atom stereocenters. The summed E-state index contributed by atoms with van der Waals surface area (Å²) in [4.78, 5) is 6.39. The Hall–Kier alpha value is -1.29. The molecule has 0 radical (unpaired) electrons. The Balaban J connectivity index is 2.73. The molecule has 1 heterocycles. The predicted octanol–water partition coefficient (Wildman–Crippen LogP) is 2.76. The maximum atomic E-state index is 5.46. The highest BCUT2D eigenvalue weighted by Crippen LogP contribution is 2.24. The maximum absolute atomic E-state index is 5.46. The lowest BCUT2D eigenvalue weighted by atomic mass is 10.00. The summed E-state index contributed by atoms with van der Waals surface area (Å²) < 4.78 is 5.46. The van der Waals surface area contributed by atoms with Crippen molar-refractivity contribution in [3.05, 3.63) is 18.3 Å². The van der Waals surface area contributed by atoms with E-state index in [-0.39, 0.29) is 5.60 Å². The first-order valence-electron chi connectivity index (χ1n) is 6.30. The zero-order chi connectivity index (χ0) is 13.8. The van der Waals surface area contributed by atoms with Gasteiger partial charge in [0.05, 0.1) is 11.3 Å². The van der Waals surface area contributed by atoms with Crippen LogP contribution in [0.3, 0.4) is 0 Å². The van der Waals surface area contributed by atoms with Crippen molar-refractivity contribution in [1.29, 1.82) is 0 Å². The van der Waals surface area contributed by atoms with E-state index in [1.807, 2.05) is 31.3 Å². The van der Waals surface area contributed by atoms with Crippen LogP contribution in [0.1, 0.15) is 27.2 Å². The van der Waals surface area contributed by atoms with Crippen LogP contribution in [0.2, 0.25) is 0 Å². The van der Waals surface area contributed by atoms with Gasteiger partial charge in [0.15, 0.2) is 5.82 Å². The Labute approximate surface area is 110 Å². The normalized spacial score (nSPS) is 13.2. The van der Waals surface area contributed by atoms with E-state index in [1.54, 1.807) is 7.11 Å². The number of nitrogens with zero attached hydrogens (tertiary/aromatic N) is 2. The Morgan fingerprint density at radius 1 is 1.44 bits per heavy atom. The van der Waals surface area contributed by atoms with Crippen molar-refractivity contribution in [2.75, 3.05) is 31.4 Å². The molecule has 1 N–H and O–H groups in total. The van der Waals surface area contributed by atoms with Crippen LogP contribution >= 0.6 is 0 Å². The summed E-state index contributed by atoms with van der Waals surface area (Å²) in [6.45, 7) is 6.36. The third kappa shape index (κ3) is 4.18. The van der Waals surface area contributed by atoms with Crippen molar-refractivity contribution in [2.45, 2.75) is 38.8 Å². The number of pyridine rings is 1. The summed E-state index contributed by atoms with van der Waals surface area (Å²) >= 11 is 0. The monoisotopic (exact) mass is 251 g/mol. The third-order valence-electron chi connectivity index (χ3n) is 2.96. The molecule has 0 aliphatic rings. The van der Waals surface area contributed by atoms with Crippen LogP contribution in [-0.2, 0) is 4.74 Å². The van der Waals surface area contributed by atoms with E-state index >= 15 is 0 Å². The van der Waals surface area contributed by atoms with E-state index in [1.165, 1.54) is 0 Å². The molecule has 0 amide bonds. The summed E-state index contributed by atoms with van der Waals surface area (Å²) in [6, 6.07) is 4.32. The molecule has 0 aliphatic heterocycles. The van der Waals surface area contributed by atoms with Crippen molar-refractivity contribution in [3.8, 4) is 0 Å². The molecule has 0 aromatic carbocycles. The van der Waals surface area contributed by atoms with E-state index in [9.17, 15) is 0 Å². The van der Waals surface area contributed by atoms with E-state index in [4.69, 9.17) is 4.74 Å². The summed E-state index contributed by atoms with van der Waals surface area (Å²) in [6.07, 6.45) is 2.75. The summed E-state index contributed by atoms with van der Waals surface area (Å²) in [5, 5.41) is 3.50. The zero-order valence-electron chi connectivity index (χ0n) is 12.3. The first-order chi connectivity index (χ1) is 8.35. The number of anilines is 2. The molecule has 0 spiro atoms. The van der Waals surface area contributed by atoms with Gasteiger partial charge in [-0.15, -0.1) is 0 Å². The van der Waals surface area contributed by atoms with Gasteiger partial charge in [0.2, 0.25) is 0 Å². The first kappa shape index (κ1) is 14.8. The average Bonchev–Trinajstić information content (AvgIpc) is 2.28. The lowest BCUT2D eigenvalue weighted by molar-refractivity contribution is 0.0128. The highest BCUT2D eigenvalue weighted by molar-refractivity contribution is 5.65. The second-order valence-electron chi connectivity index (χ2n) is 5.48. The van der Waals surface area contributed by atoms with Gasteiger partial charge in [0, 0.05) is 33.4 Å². The van der Waals surface area contributed by atoms with Gasteiger partial charge in [0.25, 0.3) is 0 Å². The summed E-state index contributed by atoms with van der Waals surface area (Å²) in [5.74, 6) is 0.958. The standard InChI is InChI=1S/C14H25N3O/c1-11(10-14(2,3)18-6)16-12-8-7-9-15-13(12)17(4)5/h7-9,11,16H,10H2,1-6H3. The second-order valence-corrected chi connectivity index (χ2v) is 5.48. The average molecular weight is 251 g/mol. The fourth-order valence-electron chi connectivity index (χ4n) is 2.00. The molecule has 1 aromatic rings. The molecule has 0 aliphatic carbocycles. The fraction of sp³-hybridized carbons (Fsp3) is 0.643. The van der Waals surface area contributed by atoms with Crippen LogP contribution in [0, 0.1) is 0 Å². The van der Waals surface area contributed by atoms with Crippen LogP contribution < -0.4 is 10.2 Å². The third-order valence-corrected chi connectivity index (χ3v) is 2.96. The molecule has 4 heteroatoms. The second kappa shape index (κ2) is 6.05. The quantitative estimate of drug-likeness (QED) is 0.843. The van der Waals surface area contributed by atoms with E-state index in [0.717, 1.165) is 17.9 Å². The molecule has 0 saturated heterocycles. The molecule has 1 aromatic heterocycles. The van der Waals surface area contributed by atoms with Crippen LogP contribution in [0.4, 0.5) is 11.5 Å². The van der Waals surface area contributed by atoms with Gasteiger partial charge in [-0.3, -0.25) is 0 Å². The van der Waals surface area contributed by atoms with Crippen molar-refractivity contribution >= 4 is 11.5 Å². The highest BCUT2D eigenvalue weighted by atomic mass is 16.5. The van der Waals surface area contributed by atoms with Gasteiger partial charge in [-0.2, -0.15) is 0 Å². The summed E-state index contributed by atoms with van der Waals surface area (Å²) in [5.41, 5.74) is 0.939. The molecular formula is C14H25N3O. The van der Waals surface area contributed by atoms with Gasteiger partial charge in [-0.25, -0.2) is 4.98 Å². The van der Waals surface area contributed by atoms with Gasteiger partial charge in [-0.1, -0.05) is 0 Å². The fourth-order valence-corrected chi connectivity index (χ4v) is 2.00. The van der Waals surface area contributed by atoms with Gasteiger partial charge in [0.1, 0.15) is 0 Å². The van der Waals surface area contributed by atoms with Gasteiger partial charge >= 0.3 is 0 Å². The van der Waals surface area contributed by atoms with Gasteiger partial charge < -0.3 is 15.0 Å². The van der Waals surface area contributed by atoms with Gasteiger partial charge in [-0.05, 0) is 39.3 Å². The number of methoxy groups -OCH3 is 1. The molecule has 0 saturated carbocycles. The largest absolute Gasteiger partial charge is 0.379 e. The molecule has 4 nitrogen and oxygen atoms in total. The number of ether oxygens (including phenoxy) is 1. The Kier molecular flexibility index (Phi) is 4.96. The van der Waals surface area contributed by atoms with Crippen LogP contribution in [0.5, 0.6) is 0 Å². The smallest absolute Gasteiger partial charge is 0.151 e. The molecule has 1 unspecified atom stereocenters. The van der Waals surface area contributed by atoms with Crippen LogP contribution in [-0.4, -0.2) is 37.8 Å². The van der Waals surface area contributed by atoms with Crippen molar-refractivity contribution in [3.63, 3.8) is 0 Å². The Morgan fingerprint density at radius 3 is 2.67 bits per heavy atom. The molecule has 0 fully saturated rings. The summed E-state index contributed by atoms with van der Waals surface area (Å²) in [7, 11) is 5.75. The van der Waals surface area contributed by atoms with E-state index in [2.05, 4.69) is 37.1 Å². The van der Waals surface area contributed by atoms with E-state index in [0.29, 0.717) is 6.04 Å². The molecule has 18 heavy (non-hydrogen) atoms. The molecule has 1 rings (SSSR count). The number of nitrogens with one attached hydrogen (secondary N) is 1. The number of aromatic nitrogens is 1.